The van der Waals surface area contributed by atoms with Gasteiger partial charge in [-0.15, -0.1) is 0 Å². The topological polar surface area (TPSA) is 69.9 Å². The summed E-state index contributed by atoms with van der Waals surface area (Å²) in [4.78, 5) is 31.4. The van der Waals surface area contributed by atoms with E-state index in [2.05, 4.69) is 4.99 Å². The van der Waals surface area contributed by atoms with Gasteiger partial charge >= 0.3 is 5.97 Å². The van der Waals surface area contributed by atoms with Crippen LogP contribution in [0.1, 0.15) is 31.0 Å². The standard InChI is InChI=1S/C26H24N2O4S/c1-4-32-25(30)23-17(2)27-26-28(20(23)15-14-18-10-6-5-7-11-18)24(29)22(33-26)16-19-12-8-9-13-21(19)31-3/h5-16,20H,4H2,1-3H3/b15-14+,22-16-. The zero-order valence-electron chi connectivity index (χ0n) is 18.6. The van der Waals surface area contributed by atoms with E-state index in [1.165, 1.54) is 11.3 Å². The van der Waals surface area contributed by atoms with Gasteiger partial charge in [0, 0.05) is 5.56 Å². The van der Waals surface area contributed by atoms with Gasteiger partial charge in [0.2, 0.25) is 0 Å². The third-order valence-electron chi connectivity index (χ3n) is 5.26. The lowest BCUT2D eigenvalue weighted by atomic mass is 10.0. The number of para-hydroxylation sites is 1. The van der Waals surface area contributed by atoms with Gasteiger partial charge in [-0.2, -0.15) is 0 Å². The second-order valence-electron chi connectivity index (χ2n) is 7.36. The van der Waals surface area contributed by atoms with Gasteiger partial charge in [0.25, 0.3) is 5.56 Å². The van der Waals surface area contributed by atoms with E-state index in [0.717, 1.165) is 11.1 Å². The number of ether oxygens (including phenoxy) is 2. The van der Waals surface area contributed by atoms with Crippen LogP contribution in [0.2, 0.25) is 0 Å². The third kappa shape index (κ3) is 4.59. The first-order chi connectivity index (χ1) is 16.0. The number of nitrogens with zero attached hydrogens (tertiary/aromatic N) is 2. The number of methoxy groups -OCH3 is 1. The zero-order chi connectivity index (χ0) is 23.4. The van der Waals surface area contributed by atoms with Crippen LogP contribution in [0.3, 0.4) is 0 Å². The summed E-state index contributed by atoms with van der Waals surface area (Å²) in [7, 11) is 1.59. The van der Waals surface area contributed by atoms with Crippen LogP contribution in [-0.2, 0) is 9.53 Å². The van der Waals surface area contributed by atoms with Crippen molar-refractivity contribution in [3.05, 3.63) is 103 Å². The van der Waals surface area contributed by atoms with Crippen molar-refractivity contribution in [1.82, 2.24) is 4.57 Å². The molecule has 2 aromatic carbocycles. The van der Waals surface area contributed by atoms with Gasteiger partial charge in [-0.25, -0.2) is 9.79 Å². The number of hydrogen-bond acceptors (Lipinski definition) is 6. The lowest BCUT2D eigenvalue weighted by Crippen LogP contribution is -2.38. The summed E-state index contributed by atoms with van der Waals surface area (Å²) < 4.78 is 12.8. The number of hydrogen-bond donors (Lipinski definition) is 0. The summed E-state index contributed by atoms with van der Waals surface area (Å²) in [6, 6.07) is 16.6. The Morgan fingerprint density at radius 1 is 1.15 bits per heavy atom. The van der Waals surface area contributed by atoms with E-state index in [-0.39, 0.29) is 12.2 Å². The molecule has 3 aromatic rings. The van der Waals surface area contributed by atoms with E-state index in [9.17, 15) is 9.59 Å². The highest BCUT2D eigenvalue weighted by Gasteiger charge is 2.30. The van der Waals surface area contributed by atoms with E-state index < -0.39 is 12.0 Å². The molecule has 0 bridgehead atoms. The largest absolute Gasteiger partial charge is 0.496 e. The molecule has 7 heteroatoms. The predicted octanol–water partition coefficient (Wildman–Crippen LogP) is 3.47. The quantitative estimate of drug-likeness (QED) is 0.528. The normalized spacial score (nSPS) is 16.0. The molecular weight excluding hydrogens is 436 g/mol. The van der Waals surface area contributed by atoms with Gasteiger partial charge in [-0.1, -0.05) is 72.0 Å². The molecule has 0 spiro atoms. The molecule has 0 aliphatic carbocycles. The molecular formula is C26H24N2O4S. The highest BCUT2D eigenvalue weighted by Crippen LogP contribution is 2.26. The summed E-state index contributed by atoms with van der Waals surface area (Å²) in [6.07, 6.45) is 5.55. The molecule has 168 valence electrons. The van der Waals surface area contributed by atoms with Gasteiger partial charge in [-0.05, 0) is 31.6 Å². The van der Waals surface area contributed by atoms with Crippen molar-refractivity contribution in [3.8, 4) is 5.75 Å². The molecule has 0 fully saturated rings. The minimum atomic E-state index is -0.625. The number of thiazole rings is 1. The monoisotopic (exact) mass is 460 g/mol. The third-order valence-corrected chi connectivity index (χ3v) is 6.24. The number of allylic oxidation sites excluding steroid dienone is 2. The maximum absolute atomic E-state index is 13.5. The van der Waals surface area contributed by atoms with E-state index in [4.69, 9.17) is 9.47 Å². The number of aromatic nitrogens is 1. The molecule has 0 saturated heterocycles. The Morgan fingerprint density at radius 2 is 1.88 bits per heavy atom. The van der Waals surface area contributed by atoms with Gasteiger partial charge in [0.05, 0.1) is 35.6 Å². The van der Waals surface area contributed by atoms with E-state index in [0.29, 0.717) is 26.4 Å². The summed E-state index contributed by atoms with van der Waals surface area (Å²) in [5.74, 6) is 0.202. The lowest BCUT2D eigenvalue weighted by molar-refractivity contribution is -0.139. The molecule has 1 aliphatic rings. The molecule has 0 radical (unpaired) electrons. The minimum Gasteiger partial charge on any atom is -0.496 e. The van der Waals surface area contributed by atoms with Crippen LogP contribution < -0.4 is 19.6 Å². The van der Waals surface area contributed by atoms with E-state index in [1.54, 1.807) is 31.6 Å². The molecule has 1 aliphatic heterocycles. The Labute approximate surface area is 195 Å². The molecule has 1 atom stereocenters. The van der Waals surface area contributed by atoms with Crippen molar-refractivity contribution in [1.29, 1.82) is 0 Å². The average Bonchev–Trinajstić information content (AvgIpc) is 3.12. The highest BCUT2D eigenvalue weighted by molar-refractivity contribution is 7.07. The first-order valence-electron chi connectivity index (χ1n) is 10.6. The SMILES string of the molecule is CCOC(=O)C1=C(C)N=c2s/c(=C\c3ccccc3OC)c(=O)n2C1/C=C/c1ccccc1. The molecule has 0 N–H and O–H groups in total. The van der Waals surface area contributed by atoms with E-state index in [1.807, 2.05) is 66.7 Å². The van der Waals surface area contributed by atoms with Crippen LogP contribution in [-0.4, -0.2) is 24.3 Å². The van der Waals surface area contributed by atoms with Gasteiger partial charge in [0.15, 0.2) is 4.80 Å². The summed E-state index contributed by atoms with van der Waals surface area (Å²) in [6.45, 7) is 3.76. The number of carbonyl (C=O) groups is 1. The van der Waals surface area contributed by atoms with Crippen molar-refractivity contribution in [3.63, 3.8) is 0 Å². The van der Waals surface area contributed by atoms with Crippen LogP contribution in [0.15, 0.2) is 81.7 Å². The van der Waals surface area contributed by atoms with Gasteiger partial charge in [0.1, 0.15) is 5.75 Å². The van der Waals surface area contributed by atoms with Crippen molar-refractivity contribution in [2.75, 3.05) is 13.7 Å². The first kappa shape index (κ1) is 22.5. The Balaban J connectivity index is 1.89. The number of fused-ring (bicyclic) bond motifs is 1. The van der Waals surface area contributed by atoms with Crippen molar-refractivity contribution < 1.29 is 14.3 Å². The molecule has 6 nitrogen and oxygen atoms in total. The Morgan fingerprint density at radius 3 is 2.61 bits per heavy atom. The second kappa shape index (κ2) is 9.83. The molecule has 1 aromatic heterocycles. The molecule has 0 saturated carbocycles. The molecule has 33 heavy (non-hydrogen) atoms. The maximum atomic E-state index is 13.5. The van der Waals surface area contributed by atoms with Crippen molar-refractivity contribution in [2.24, 2.45) is 4.99 Å². The Kier molecular flexibility index (Phi) is 6.70. The van der Waals surface area contributed by atoms with Crippen LogP contribution in [0.25, 0.3) is 12.2 Å². The van der Waals surface area contributed by atoms with Crippen LogP contribution >= 0.6 is 11.3 Å². The van der Waals surface area contributed by atoms with E-state index >= 15 is 0 Å². The number of rotatable bonds is 6. The maximum Gasteiger partial charge on any atom is 0.338 e. The van der Waals surface area contributed by atoms with Gasteiger partial charge in [-0.3, -0.25) is 9.36 Å². The highest BCUT2D eigenvalue weighted by atomic mass is 32.1. The summed E-state index contributed by atoms with van der Waals surface area (Å²) >= 11 is 1.28. The Hall–Kier alpha value is -3.71. The molecule has 2 heterocycles. The van der Waals surface area contributed by atoms with Gasteiger partial charge < -0.3 is 9.47 Å². The molecule has 1 unspecified atom stereocenters. The van der Waals surface area contributed by atoms with Crippen molar-refractivity contribution >= 4 is 29.5 Å². The number of carbonyl (C=O) groups excluding carboxylic acids is 1. The fraction of sp³-hybridized carbons (Fsp3) is 0.192. The zero-order valence-corrected chi connectivity index (χ0v) is 19.5. The molecule has 0 amide bonds. The summed E-state index contributed by atoms with van der Waals surface area (Å²) in [5, 5.41) is 0. The minimum absolute atomic E-state index is 0.221. The van der Waals surface area contributed by atoms with Crippen LogP contribution in [0.4, 0.5) is 0 Å². The Bertz CT molecular complexity index is 1410. The predicted molar refractivity (Wildman–Crippen MR) is 130 cm³/mol. The van der Waals surface area contributed by atoms with Crippen molar-refractivity contribution in [2.45, 2.75) is 19.9 Å². The number of esters is 1. The van der Waals surface area contributed by atoms with Crippen LogP contribution in [0, 0.1) is 0 Å². The first-order valence-corrected chi connectivity index (χ1v) is 11.4. The summed E-state index contributed by atoms with van der Waals surface area (Å²) in [5.41, 5.74) is 2.44. The van der Waals surface area contributed by atoms with Crippen LogP contribution in [0.5, 0.6) is 5.75 Å². The lowest BCUT2D eigenvalue weighted by Gasteiger charge is -2.21. The fourth-order valence-electron chi connectivity index (χ4n) is 3.71. The molecule has 4 rings (SSSR count). The smallest absolute Gasteiger partial charge is 0.338 e. The fourth-order valence-corrected chi connectivity index (χ4v) is 4.76. The second-order valence-corrected chi connectivity index (χ2v) is 8.37. The number of benzene rings is 2. The average molecular weight is 461 g/mol.